The van der Waals surface area contributed by atoms with Crippen LogP contribution in [0.1, 0.15) is 29.0 Å². The van der Waals surface area contributed by atoms with E-state index in [9.17, 15) is 0 Å². The molecule has 3 nitrogen and oxygen atoms in total. The van der Waals surface area contributed by atoms with E-state index in [-0.39, 0.29) is 6.04 Å². The first kappa shape index (κ1) is 13.1. The van der Waals surface area contributed by atoms with Crippen LogP contribution < -0.4 is 5.32 Å². The lowest BCUT2D eigenvalue weighted by Crippen LogP contribution is -2.08. The molecule has 0 saturated carbocycles. The topological polar surface area (TPSA) is 37.8 Å². The summed E-state index contributed by atoms with van der Waals surface area (Å²) in [6, 6.07) is 10.6. The monoisotopic (exact) mass is 283 g/mol. The Balaban J connectivity index is 1.99. The Kier molecular flexibility index (Phi) is 3.40. The molecule has 102 valence electrons. The number of thiophene rings is 1. The molecule has 0 fully saturated rings. The summed E-state index contributed by atoms with van der Waals surface area (Å²) in [5, 5.41) is 4.66. The van der Waals surface area contributed by atoms with Crippen LogP contribution in [0.3, 0.4) is 0 Å². The van der Waals surface area contributed by atoms with Gasteiger partial charge in [-0.25, -0.2) is 9.97 Å². The molecule has 3 rings (SSSR count). The van der Waals surface area contributed by atoms with Crippen molar-refractivity contribution in [1.82, 2.24) is 9.97 Å². The van der Waals surface area contributed by atoms with Crippen molar-refractivity contribution in [1.29, 1.82) is 0 Å². The first-order valence-corrected chi connectivity index (χ1v) is 7.50. The van der Waals surface area contributed by atoms with Gasteiger partial charge in [0.05, 0.1) is 5.39 Å². The second-order valence-corrected chi connectivity index (χ2v) is 6.17. The second-order valence-electron chi connectivity index (χ2n) is 4.96. The molecule has 1 N–H and O–H groups in total. The number of rotatable bonds is 3. The molecule has 0 unspecified atom stereocenters. The van der Waals surface area contributed by atoms with Gasteiger partial charge in [-0.15, -0.1) is 11.3 Å². The molecule has 3 aromatic rings. The highest BCUT2D eigenvalue weighted by molar-refractivity contribution is 7.18. The Labute approximate surface area is 122 Å². The molecule has 1 aromatic carbocycles. The molecule has 20 heavy (non-hydrogen) atoms. The van der Waals surface area contributed by atoms with E-state index in [4.69, 9.17) is 0 Å². The lowest BCUT2D eigenvalue weighted by atomic mass is 10.1. The van der Waals surface area contributed by atoms with Gasteiger partial charge >= 0.3 is 0 Å². The van der Waals surface area contributed by atoms with Crippen LogP contribution in [-0.2, 0) is 0 Å². The zero-order chi connectivity index (χ0) is 14.1. The van der Waals surface area contributed by atoms with E-state index in [2.05, 4.69) is 60.3 Å². The molecule has 0 aliphatic carbocycles. The number of aryl methyl sites for hydroxylation is 2. The molecule has 0 aliphatic heterocycles. The standard InChI is InChI=1S/C16H17N3S/c1-10-12(3)20-16-14(10)15(17-9-18-16)19-11(2)13-7-5-4-6-8-13/h4-9,11H,1-3H3,(H,17,18,19)/t11-/m1/s1. The molecule has 2 aromatic heterocycles. The largest absolute Gasteiger partial charge is 0.363 e. The lowest BCUT2D eigenvalue weighted by molar-refractivity contribution is 0.876. The van der Waals surface area contributed by atoms with Crippen molar-refractivity contribution in [3.05, 3.63) is 52.7 Å². The maximum Gasteiger partial charge on any atom is 0.138 e. The molecule has 0 radical (unpaired) electrons. The lowest BCUT2D eigenvalue weighted by Gasteiger charge is -2.15. The molecular formula is C16H17N3S. The van der Waals surface area contributed by atoms with E-state index in [1.165, 1.54) is 16.0 Å². The Morgan fingerprint density at radius 1 is 1.10 bits per heavy atom. The van der Waals surface area contributed by atoms with Crippen LogP contribution in [-0.4, -0.2) is 9.97 Å². The fourth-order valence-corrected chi connectivity index (χ4v) is 3.32. The smallest absolute Gasteiger partial charge is 0.138 e. The van der Waals surface area contributed by atoms with Crippen LogP contribution >= 0.6 is 11.3 Å². The van der Waals surface area contributed by atoms with Gasteiger partial charge < -0.3 is 5.32 Å². The van der Waals surface area contributed by atoms with Gasteiger partial charge in [0.2, 0.25) is 0 Å². The molecule has 1 atom stereocenters. The first-order valence-electron chi connectivity index (χ1n) is 6.69. The Hall–Kier alpha value is -1.94. The number of nitrogens with one attached hydrogen (secondary N) is 1. The summed E-state index contributed by atoms with van der Waals surface area (Å²) in [5.41, 5.74) is 2.53. The van der Waals surface area contributed by atoms with Crippen LogP contribution in [0.5, 0.6) is 0 Å². The van der Waals surface area contributed by atoms with Crippen LogP contribution in [0.25, 0.3) is 10.2 Å². The highest BCUT2D eigenvalue weighted by Gasteiger charge is 2.14. The van der Waals surface area contributed by atoms with Gasteiger partial charge in [0.1, 0.15) is 17.0 Å². The number of hydrogen-bond acceptors (Lipinski definition) is 4. The average molecular weight is 283 g/mol. The predicted octanol–water partition coefficient (Wildman–Crippen LogP) is 4.48. The summed E-state index contributed by atoms with van der Waals surface area (Å²) in [6.45, 7) is 6.42. The van der Waals surface area contributed by atoms with Crippen molar-refractivity contribution < 1.29 is 0 Å². The van der Waals surface area contributed by atoms with Gasteiger partial charge in [-0.3, -0.25) is 0 Å². The highest BCUT2D eigenvalue weighted by atomic mass is 32.1. The number of nitrogens with zero attached hydrogens (tertiary/aromatic N) is 2. The Morgan fingerprint density at radius 3 is 2.60 bits per heavy atom. The van der Waals surface area contributed by atoms with Crippen LogP contribution in [0.15, 0.2) is 36.7 Å². The predicted molar refractivity (Wildman–Crippen MR) is 85.4 cm³/mol. The van der Waals surface area contributed by atoms with E-state index in [1.54, 1.807) is 17.7 Å². The summed E-state index contributed by atoms with van der Waals surface area (Å²) >= 11 is 1.72. The molecule has 2 heterocycles. The van der Waals surface area contributed by atoms with E-state index >= 15 is 0 Å². The summed E-state index contributed by atoms with van der Waals surface area (Å²) < 4.78 is 0. The third-order valence-electron chi connectivity index (χ3n) is 3.62. The molecule has 0 bridgehead atoms. The molecule has 4 heteroatoms. The normalized spacial score (nSPS) is 12.6. The van der Waals surface area contributed by atoms with Crippen LogP contribution in [0, 0.1) is 13.8 Å². The van der Waals surface area contributed by atoms with Gasteiger partial charge in [-0.1, -0.05) is 30.3 Å². The van der Waals surface area contributed by atoms with Crippen molar-refractivity contribution in [3.63, 3.8) is 0 Å². The Morgan fingerprint density at radius 2 is 1.85 bits per heavy atom. The summed E-state index contributed by atoms with van der Waals surface area (Å²) in [4.78, 5) is 11.2. The van der Waals surface area contributed by atoms with Crippen molar-refractivity contribution in [2.75, 3.05) is 5.32 Å². The second kappa shape index (κ2) is 5.21. The maximum absolute atomic E-state index is 4.43. The number of anilines is 1. The van der Waals surface area contributed by atoms with Gasteiger partial charge in [0, 0.05) is 10.9 Å². The fourth-order valence-electron chi connectivity index (χ4n) is 2.32. The third-order valence-corrected chi connectivity index (χ3v) is 4.73. The number of fused-ring (bicyclic) bond motifs is 1. The molecule has 0 aliphatic rings. The molecular weight excluding hydrogens is 266 g/mol. The molecule has 0 saturated heterocycles. The van der Waals surface area contributed by atoms with Crippen molar-refractivity contribution >= 4 is 27.4 Å². The number of hydrogen-bond donors (Lipinski definition) is 1. The van der Waals surface area contributed by atoms with Gasteiger partial charge in [0.15, 0.2) is 0 Å². The van der Waals surface area contributed by atoms with E-state index < -0.39 is 0 Å². The zero-order valence-electron chi connectivity index (χ0n) is 11.8. The van der Waals surface area contributed by atoms with Gasteiger partial charge in [0.25, 0.3) is 0 Å². The summed E-state index contributed by atoms with van der Waals surface area (Å²) in [7, 11) is 0. The summed E-state index contributed by atoms with van der Waals surface area (Å²) in [6.07, 6.45) is 1.64. The minimum atomic E-state index is 0.217. The highest BCUT2D eigenvalue weighted by Crippen LogP contribution is 2.33. The van der Waals surface area contributed by atoms with Crippen molar-refractivity contribution in [3.8, 4) is 0 Å². The minimum absolute atomic E-state index is 0.217. The summed E-state index contributed by atoms with van der Waals surface area (Å²) in [5.74, 6) is 0.924. The fraction of sp³-hybridized carbons (Fsp3) is 0.250. The van der Waals surface area contributed by atoms with Crippen molar-refractivity contribution in [2.45, 2.75) is 26.8 Å². The molecule has 0 amide bonds. The van der Waals surface area contributed by atoms with Crippen molar-refractivity contribution in [2.24, 2.45) is 0 Å². The quantitative estimate of drug-likeness (QED) is 0.770. The minimum Gasteiger partial charge on any atom is -0.363 e. The van der Waals surface area contributed by atoms with E-state index in [1.807, 2.05) is 6.07 Å². The van der Waals surface area contributed by atoms with E-state index in [0.717, 1.165) is 16.0 Å². The SMILES string of the molecule is Cc1sc2ncnc(N[C@H](C)c3ccccc3)c2c1C. The van der Waals surface area contributed by atoms with Crippen LogP contribution in [0.2, 0.25) is 0 Å². The third kappa shape index (κ3) is 2.27. The van der Waals surface area contributed by atoms with Gasteiger partial charge in [-0.2, -0.15) is 0 Å². The number of benzene rings is 1. The van der Waals surface area contributed by atoms with E-state index in [0.29, 0.717) is 0 Å². The number of aromatic nitrogens is 2. The van der Waals surface area contributed by atoms with Crippen LogP contribution in [0.4, 0.5) is 5.82 Å². The Bertz CT molecular complexity index is 734. The zero-order valence-corrected chi connectivity index (χ0v) is 12.7. The molecule has 0 spiro atoms. The van der Waals surface area contributed by atoms with Gasteiger partial charge in [-0.05, 0) is 31.9 Å². The maximum atomic E-state index is 4.43. The average Bonchev–Trinajstić information content (AvgIpc) is 2.76. The first-order chi connectivity index (χ1) is 9.66.